The lowest BCUT2D eigenvalue weighted by Gasteiger charge is -2.35. The second-order valence-electron chi connectivity index (χ2n) is 5.79. The van der Waals surface area contributed by atoms with Gasteiger partial charge in [0.1, 0.15) is 6.10 Å². The van der Waals surface area contributed by atoms with Crippen molar-refractivity contribution in [3.05, 3.63) is 30.1 Å². The van der Waals surface area contributed by atoms with E-state index in [4.69, 9.17) is 4.74 Å². The first-order valence-electron chi connectivity index (χ1n) is 8.07. The summed E-state index contributed by atoms with van der Waals surface area (Å²) in [7, 11) is 0. The topological polar surface area (TPSA) is 74.8 Å². The number of carbonyl (C=O) groups is 2. The molecular weight excluding hydrogens is 296 g/mol. The van der Waals surface area contributed by atoms with E-state index in [2.05, 4.69) is 10.3 Å². The van der Waals surface area contributed by atoms with E-state index in [-0.39, 0.29) is 18.0 Å². The summed E-state index contributed by atoms with van der Waals surface area (Å²) in [5.41, 5.74) is 0.827. The minimum absolute atomic E-state index is 0.0658. The highest BCUT2D eigenvalue weighted by atomic mass is 16.5. The Morgan fingerprint density at radius 1 is 1.22 bits per heavy atom. The molecule has 7 nitrogen and oxygen atoms in total. The van der Waals surface area contributed by atoms with Gasteiger partial charge >= 0.3 is 6.03 Å². The van der Waals surface area contributed by atoms with Crippen LogP contribution >= 0.6 is 0 Å². The van der Waals surface area contributed by atoms with E-state index in [9.17, 15) is 9.59 Å². The molecule has 2 saturated heterocycles. The number of nitrogens with zero attached hydrogens (tertiary/aromatic N) is 3. The van der Waals surface area contributed by atoms with Gasteiger partial charge in [-0.25, -0.2) is 4.79 Å². The largest absolute Gasteiger partial charge is 0.368 e. The van der Waals surface area contributed by atoms with E-state index in [1.807, 2.05) is 18.2 Å². The predicted octanol–water partition coefficient (Wildman–Crippen LogP) is 0.614. The molecule has 2 aliphatic heterocycles. The van der Waals surface area contributed by atoms with Crippen LogP contribution in [-0.2, 0) is 16.1 Å². The zero-order chi connectivity index (χ0) is 16.1. The first-order valence-corrected chi connectivity index (χ1v) is 8.07. The van der Waals surface area contributed by atoms with Crippen LogP contribution in [0.3, 0.4) is 0 Å². The molecule has 3 rings (SSSR count). The van der Waals surface area contributed by atoms with Crippen LogP contribution in [0, 0.1) is 0 Å². The van der Waals surface area contributed by atoms with E-state index in [0.29, 0.717) is 39.3 Å². The SMILES string of the molecule is O=C(NCc1ccccn1)N1CCN(C(=O)C2CCCO2)CC1. The smallest absolute Gasteiger partial charge is 0.317 e. The number of aromatic nitrogens is 1. The third-order valence-corrected chi connectivity index (χ3v) is 4.23. The zero-order valence-corrected chi connectivity index (χ0v) is 13.1. The Morgan fingerprint density at radius 3 is 2.65 bits per heavy atom. The van der Waals surface area contributed by atoms with Crippen molar-refractivity contribution in [1.82, 2.24) is 20.1 Å². The van der Waals surface area contributed by atoms with Gasteiger partial charge in [-0.3, -0.25) is 9.78 Å². The summed E-state index contributed by atoms with van der Waals surface area (Å²) in [5, 5.41) is 2.86. The zero-order valence-electron chi connectivity index (χ0n) is 13.1. The molecular formula is C16H22N4O3. The minimum Gasteiger partial charge on any atom is -0.368 e. The molecule has 0 spiro atoms. The summed E-state index contributed by atoms with van der Waals surface area (Å²) in [6, 6.07) is 5.50. The van der Waals surface area contributed by atoms with Crippen LogP contribution in [0.1, 0.15) is 18.5 Å². The van der Waals surface area contributed by atoms with Gasteiger partial charge in [0.15, 0.2) is 0 Å². The number of urea groups is 1. The number of pyridine rings is 1. The highest BCUT2D eigenvalue weighted by Gasteiger charge is 2.31. The van der Waals surface area contributed by atoms with Crippen LogP contribution in [0.4, 0.5) is 4.79 Å². The third kappa shape index (κ3) is 3.98. The van der Waals surface area contributed by atoms with Crippen molar-refractivity contribution in [2.24, 2.45) is 0 Å². The lowest BCUT2D eigenvalue weighted by atomic mass is 10.2. The summed E-state index contributed by atoms with van der Waals surface area (Å²) in [4.78, 5) is 32.1. The Kier molecular flexibility index (Phi) is 5.07. The summed E-state index contributed by atoms with van der Waals surface area (Å²) in [5.74, 6) is 0.0658. The van der Waals surface area contributed by atoms with Gasteiger partial charge in [0, 0.05) is 39.0 Å². The van der Waals surface area contributed by atoms with Crippen LogP contribution < -0.4 is 5.32 Å². The molecule has 7 heteroatoms. The molecule has 1 aromatic rings. The number of carbonyl (C=O) groups excluding carboxylic acids is 2. The van der Waals surface area contributed by atoms with E-state index >= 15 is 0 Å². The second-order valence-corrected chi connectivity index (χ2v) is 5.79. The Bertz CT molecular complexity index is 538. The van der Waals surface area contributed by atoms with Gasteiger partial charge in [-0.05, 0) is 25.0 Å². The van der Waals surface area contributed by atoms with Crippen LogP contribution in [0.15, 0.2) is 24.4 Å². The fraction of sp³-hybridized carbons (Fsp3) is 0.562. The predicted molar refractivity (Wildman–Crippen MR) is 83.6 cm³/mol. The molecule has 1 atom stereocenters. The molecule has 0 saturated carbocycles. The van der Waals surface area contributed by atoms with Gasteiger partial charge in [0.2, 0.25) is 0 Å². The highest BCUT2D eigenvalue weighted by Crippen LogP contribution is 2.16. The minimum atomic E-state index is -0.278. The highest BCUT2D eigenvalue weighted by molar-refractivity contribution is 5.81. The number of amides is 3. The summed E-state index contributed by atoms with van der Waals surface area (Å²) in [6.45, 7) is 3.31. The van der Waals surface area contributed by atoms with Gasteiger partial charge < -0.3 is 19.9 Å². The molecule has 23 heavy (non-hydrogen) atoms. The molecule has 2 fully saturated rings. The van der Waals surface area contributed by atoms with Crippen molar-refractivity contribution in [2.45, 2.75) is 25.5 Å². The summed E-state index contributed by atoms with van der Waals surface area (Å²) >= 11 is 0. The van der Waals surface area contributed by atoms with Crippen molar-refractivity contribution < 1.29 is 14.3 Å². The molecule has 0 bridgehead atoms. The van der Waals surface area contributed by atoms with E-state index in [0.717, 1.165) is 18.5 Å². The summed E-state index contributed by atoms with van der Waals surface area (Å²) < 4.78 is 5.44. The van der Waals surface area contributed by atoms with Gasteiger partial charge in [-0.15, -0.1) is 0 Å². The molecule has 124 valence electrons. The Hall–Kier alpha value is -2.15. The molecule has 0 aliphatic carbocycles. The quantitative estimate of drug-likeness (QED) is 0.886. The molecule has 1 N–H and O–H groups in total. The average molecular weight is 318 g/mol. The Morgan fingerprint density at radius 2 is 2.00 bits per heavy atom. The lowest BCUT2D eigenvalue weighted by Crippen LogP contribution is -2.54. The Labute approximate surface area is 135 Å². The van der Waals surface area contributed by atoms with Gasteiger partial charge in [0.05, 0.1) is 12.2 Å². The van der Waals surface area contributed by atoms with Crippen LogP contribution in [0.2, 0.25) is 0 Å². The molecule has 2 aliphatic rings. The molecule has 1 unspecified atom stereocenters. The second kappa shape index (κ2) is 7.41. The van der Waals surface area contributed by atoms with Crippen LogP contribution in [-0.4, -0.2) is 65.6 Å². The fourth-order valence-corrected chi connectivity index (χ4v) is 2.89. The van der Waals surface area contributed by atoms with Crippen molar-refractivity contribution in [1.29, 1.82) is 0 Å². The van der Waals surface area contributed by atoms with Gasteiger partial charge in [-0.2, -0.15) is 0 Å². The first-order chi connectivity index (χ1) is 11.2. The maximum Gasteiger partial charge on any atom is 0.317 e. The number of hydrogen-bond acceptors (Lipinski definition) is 4. The summed E-state index contributed by atoms with van der Waals surface area (Å²) in [6.07, 6.45) is 3.19. The maximum atomic E-state index is 12.3. The molecule has 0 radical (unpaired) electrons. The normalized spacial score (nSPS) is 21.3. The van der Waals surface area contributed by atoms with E-state index in [1.54, 1.807) is 16.0 Å². The van der Waals surface area contributed by atoms with E-state index < -0.39 is 0 Å². The van der Waals surface area contributed by atoms with Crippen molar-refractivity contribution in [3.8, 4) is 0 Å². The van der Waals surface area contributed by atoms with Crippen molar-refractivity contribution in [3.63, 3.8) is 0 Å². The van der Waals surface area contributed by atoms with Crippen LogP contribution in [0.25, 0.3) is 0 Å². The monoisotopic (exact) mass is 318 g/mol. The fourth-order valence-electron chi connectivity index (χ4n) is 2.89. The average Bonchev–Trinajstić information content (AvgIpc) is 3.15. The first kappa shape index (κ1) is 15.7. The molecule has 3 amide bonds. The maximum absolute atomic E-state index is 12.3. The van der Waals surface area contributed by atoms with Crippen molar-refractivity contribution in [2.75, 3.05) is 32.8 Å². The van der Waals surface area contributed by atoms with Crippen LogP contribution in [0.5, 0.6) is 0 Å². The molecule has 1 aromatic heterocycles. The van der Waals surface area contributed by atoms with E-state index in [1.165, 1.54) is 0 Å². The van der Waals surface area contributed by atoms with Crippen molar-refractivity contribution >= 4 is 11.9 Å². The number of piperazine rings is 1. The number of ether oxygens (including phenoxy) is 1. The number of hydrogen-bond donors (Lipinski definition) is 1. The third-order valence-electron chi connectivity index (χ3n) is 4.23. The number of rotatable bonds is 3. The lowest BCUT2D eigenvalue weighted by molar-refractivity contribution is -0.142. The molecule has 3 heterocycles. The standard InChI is InChI=1S/C16H22N4O3/c21-15(14-5-3-11-23-14)19-7-9-20(10-8-19)16(22)18-12-13-4-1-2-6-17-13/h1-2,4,6,14H,3,5,7-12H2,(H,18,22). The number of nitrogens with one attached hydrogen (secondary N) is 1. The van der Waals surface area contributed by atoms with Gasteiger partial charge in [-0.1, -0.05) is 6.07 Å². The molecule has 0 aromatic carbocycles. The Balaban J connectivity index is 1.43. The van der Waals surface area contributed by atoms with Gasteiger partial charge in [0.25, 0.3) is 5.91 Å².